The fourth-order valence-corrected chi connectivity index (χ4v) is 6.80. The smallest absolute Gasteiger partial charge is 0.143 e. The van der Waals surface area contributed by atoms with E-state index >= 15 is 0 Å². The summed E-state index contributed by atoms with van der Waals surface area (Å²) in [6.45, 7) is 0. The van der Waals surface area contributed by atoms with Gasteiger partial charge in [-0.2, -0.15) is 0 Å². The van der Waals surface area contributed by atoms with Crippen LogP contribution in [0, 0.1) is 0 Å². The molecule has 9 aromatic rings. The van der Waals surface area contributed by atoms with Crippen LogP contribution in [0.15, 0.2) is 150 Å². The summed E-state index contributed by atoms with van der Waals surface area (Å²) in [6.07, 6.45) is 0. The Morgan fingerprint density at radius 1 is 0.366 bits per heavy atom. The highest BCUT2D eigenvalue weighted by Gasteiger charge is 2.22. The van der Waals surface area contributed by atoms with Crippen molar-refractivity contribution >= 4 is 65.0 Å². The monoisotopic (exact) mass is 520 g/mol. The number of hydrogen-bond donors (Lipinski definition) is 0. The largest absolute Gasteiger partial charge is 0.455 e. The molecule has 0 bridgehead atoms. The van der Waals surface area contributed by atoms with Crippen LogP contribution in [-0.2, 0) is 0 Å². The molecule has 0 saturated carbocycles. The first-order valence-corrected chi connectivity index (χ1v) is 14.1. The Morgan fingerprint density at radius 2 is 1.00 bits per heavy atom. The molecule has 0 aliphatic heterocycles. The second kappa shape index (κ2) is 8.55. The van der Waals surface area contributed by atoms with Gasteiger partial charge in [-0.15, -0.1) is 0 Å². The molecule has 0 saturated heterocycles. The van der Waals surface area contributed by atoms with Gasteiger partial charge in [-0.3, -0.25) is 0 Å². The highest BCUT2D eigenvalue weighted by atomic mass is 16.3. The molecule has 9 rings (SSSR count). The van der Waals surface area contributed by atoms with E-state index in [0.29, 0.717) is 0 Å². The van der Waals surface area contributed by atoms with Gasteiger partial charge in [0.25, 0.3) is 0 Å². The predicted octanol–water partition coefficient (Wildman–Crippen LogP) is 11.5. The topological polar surface area (TPSA) is 13.1 Å². The zero-order valence-electron chi connectivity index (χ0n) is 22.3. The minimum atomic E-state index is 0.910. The van der Waals surface area contributed by atoms with E-state index in [2.05, 4.69) is 146 Å². The third kappa shape index (κ3) is 3.24. The van der Waals surface area contributed by atoms with Crippen molar-refractivity contribution in [2.75, 3.05) is 0 Å². The lowest BCUT2D eigenvalue weighted by atomic mass is 9.84. The van der Waals surface area contributed by atoms with Crippen molar-refractivity contribution in [3.8, 4) is 22.3 Å². The molecule has 41 heavy (non-hydrogen) atoms. The van der Waals surface area contributed by atoms with Crippen LogP contribution in [0.4, 0.5) is 0 Å². The molecule has 0 amide bonds. The van der Waals surface area contributed by atoms with Gasteiger partial charge in [0.15, 0.2) is 0 Å². The van der Waals surface area contributed by atoms with Gasteiger partial charge in [0.2, 0.25) is 0 Å². The normalized spacial score (nSPS) is 11.9. The van der Waals surface area contributed by atoms with Crippen LogP contribution in [-0.4, -0.2) is 0 Å². The highest BCUT2D eigenvalue weighted by Crippen LogP contribution is 2.49. The van der Waals surface area contributed by atoms with E-state index in [1.54, 1.807) is 0 Å². The molecule has 0 spiro atoms. The summed E-state index contributed by atoms with van der Waals surface area (Å²) in [5.74, 6) is 0. The van der Waals surface area contributed by atoms with Crippen molar-refractivity contribution in [1.29, 1.82) is 0 Å². The van der Waals surface area contributed by atoms with Crippen LogP contribution in [0.2, 0.25) is 0 Å². The molecule has 0 unspecified atom stereocenters. The second-order valence-electron chi connectivity index (χ2n) is 10.8. The summed E-state index contributed by atoms with van der Waals surface area (Å²) in [7, 11) is 0. The molecule has 1 heterocycles. The van der Waals surface area contributed by atoms with Crippen molar-refractivity contribution < 1.29 is 4.42 Å². The average molecular weight is 521 g/mol. The van der Waals surface area contributed by atoms with Gasteiger partial charge in [-0.05, 0) is 72.6 Å². The zero-order chi connectivity index (χ0) is 26.9. The molecular formula is C40H24O. The number of benzene rings is 8. The summed E-state index contributed by atoms with van der Waals surface area (Å²) in [4.78, 5) is 0. The van der Waals surface area contributed by atoms with E-state index in [0.717, 1.165) is 27.3 Å². The summed E-state index contributed by atoms with van der Waals surface area (Å²) in [5, 5.41) is 12.2. The minimum Gasteiger partial charge on any atom is -0.455 e. The first-order chi connectivity index (χ1) is 20.3. The lowest BCUT2D eigenvalue weighted by Gasteiger charge is -2.18. The Morgan fingerprint density at radius 3 is 1.80 bits per heavy atom. The molecule has 1 nitrogen and oxygen atoms in total. The van der Waals surface area contributed by atoms with Crippen LogP contribution < -0.4 is 0 Å². The number of furan rings is 1. The first kappa shape index (κ1) is 22.4. The maximum absolute atomic E-state index is 6.71. The van der Waals surface area contributed by atoms with Gasteiger partial charge in [-0.25, -0.2) is 0 Å². The molecule has 190 valence electrons. The summed E-state index contributed by atoms with van der Waals surface area (Å²) >= 11 is 0. The predicted molar refractivity (Wildman–Crippen MR) is 175 cm³/mol. The molecule has 0 aliphatic rings. The molecule has 0 fully saturated rings. The van der Waals surface area contributed by atoms with Gasteiger partial charge in [0, 0.05) is 21.7 Å². The van der Waals surface area contributed by atoms with Gasteiger partial charge >= 0.3 is 0 Å². The quantitative estimate of drug-likeness (QED) is 0.163. The Balaban J connectivity index is 1.55. The second-order valence-corrected chi connectivity index (χ2v) is 10.8. The molecular weight excluding hydrogens is 496 g/mol. The van der Waals surface area contributed by atoms with E-state index in [-0.39, 0.29) is 0 Å². The minimum absolute atomic E-state index is 0.910. The van der Waals surface area contributed by atoms with E-state index < -0.39 is 0 Å². The first-order valence-electron chi connectivity index (χ1n) is 14.1. The van der Waals surface area contributed by atoms with Crippen molar-refractivity contribution in [3.05, 3.63) is 146 Å². The molecule has 8 aromatic carbocycles. The Kier molecular flexibility index (Phi) is 4.67. The Hall–Kier alpha value is -5.40. The number of fused-ring (bicyclic) bond motifs is 9. The fourth-order valence-electron chi connectivity index (χ4n) is 6.80. The summed E-state index contributed by atoms with van der Waals surface area (Å²) in [5.41, 5.74) is 6.73. The lowest BCUT2D eigenvalue weighted by molar-refractivity contribution is 0.673. The lowest BCUT2D eigenvalue weighted by Crippen LogP contribution is -1.91. The summed E-state index contributed by atoms with van der Waals surface area (Å²) < 4.78 is 6.71. The Bertz CT molecular complexity index is 2460. The van der Waals surface area contributed by atoms with Crippen LogP contribution in [0.25, 0.3) is 87.3 Å². The van der Waals surface area contributed by atoms with Gasteiger partial charge in [0.05, 0.1) is 0 Å². The van der Waals surface area contributed by atoms with Crippen LogP contribution in [0.1, 0.15) is 0 Å². The van der Waals surface area contributed by atoms with Crippen molar-refractivity contribution in [2.45, 2.75) is 0 Å². The third-order valence-electron chi connectivity index (χ3n) is 8.63. The highest BCUT2D eigenvalue weighted by molar-refractivity contribution is 6.28. The summed E-state index contributed by atoms with van der Waals surface area (Å²) in [6, 6.07) is 52.6. The fraction of sp³-hybridized carbons (Fsp3) is 0. The van der Waals surface area contributed by atoms with E-state index in [4.69, 9.17) is 4.42 Å². The third-order valence-corrected chi connectivity index (χ3v) is 8.63. The van der Waals surface area contributed by atoms with Crippen molar-refractivity contribution in [1.82, 2.24) is 0 Å². The van der Waals surface area contributed by atoms with E-state index in [1.165, 1.54) is 60.0 Å². The Labute approximate surface area is 236 Å². The molecule has 1 aromatic heterocycles. The standard InChI is InChI=1S/C40H24O/c1-2-10-25(11-3-1)31-22-23-36-38(34-21-19-27-13-5-9-17-32(27)40(34)41-36)39(31)37-30-16-8-6-14-28(30)24-35-29-15-7-4-12-26(29)18-20-33(35)37/h1-24H. The average Bonchev–Trinajstić information content (AvgIpc) is 3.43. The SMILES string of the molecule is c1ccc(-c2ccc3oc4c5ccccc5ccc4c3c2-c2c3ccccc3cc3c2ccc2ccccc23)cc1. The maximum Gasteiger partial charge on any atom is 0.143 e. The molecule has 0 atom stereocenters. The van der Waals surface area contributed by atoms with Gasteiger partial charge in [-0.1, -0.05) is 127 Å². The van der Waals surface area contributed by atoms with Crippen molar-refractivity contribution in [3.63, 3.8) is 0 Å². The molecule has 0 radical (unpaired) electrons. The van der Waals surface area contributed by atoms with Crippen molar-refractivity contribution in [2.24, 2.45) is 0 Å². The van der Waals surface area contributed by atoms with Crippen LogP contribution in [0.3, 0.4) is 0 Å². The molecule has 0 aliphatic carbocycles. The van der Waals surface area contributed by atoms with Gasteiger partial charge < -0.3 is 4.42 Å². The number of hydrogen-bond acceptors (Lipinski definition) is 1. The molecule has 1 heteroatoms. The maximum atomic E-state index is 6.71. The number of rotatable bonds is 2. The molecule has 0 N–H and O–H groups in total. The van der Waals surface area contributed by atoms with Crippen LogP contribution in [0.5, 0.6) is 0 Å². The van der Waals surface area contributed by atoms with E-state index in [9.17, 15) is 0 Å². The van der Waals surface area contributed by atoms with E-state index in [1.807, 2.05) is 0 Å². The van der Waals surface area contributed by atoms with Gasteiger partial charge in [0.1, 0.15) is 11.2 Å². The van der Waals surface area contributed by atoms with Crippen LogP contribution >= 0.6 is 0 Å². The zero-order valence-corrected chi connectivity index (χ0v) is 22.3.